The van der Waals surface area contributed by atoms with Crippen LogP contribution in [-0.4, -0.2) is 21.5 Å². The summed E-state index contributed by atoms with van der Waals surface area (Å²) in [4.78, 5) is 0. The molecule has 1 aromatic heterocycles. The highest BCUT2D eigenvalue weighted by atomic mass is 16.2. The first kappa shape index (κ1) is 9.71. The van der Waals surface area contributed by atoms with Crippen LogP contribution in [0.1, 0.15) is 43.0 Å². The molecule has 0 amide bonds. The van der Waals surface area contributed by atoms with E-state index in [4.69, 9.17) is 5.11 Å². The van der Waals surface area contributed by atoms with Crippen LogP contribution in [0.5, 0.6) is 0 Å². The monoisotopic (exact) mass is 194 g/mol. The van der Waals surface area contributed by atoms with Crippen LogP contribution in [0.3, 0.4) is 0 Å². The van der Waals surface area contributed by atoms with Crippen LogP contribution < -0.4 is 0 Å². The van der Waals surface area contributed by atoms with Gasteiger partial charge >= 0.3 is 0 Å². The van der Waals surface area contributed by atoms with Crippen LogP contribution in [-0.2, 0) is 6.42 Å². The summed E-state index contributed by atoms with van der Waals surface area (Å²) in [5, 5.41) is 13.2. The molecule has 1 aromatic rings. The number of aromatic nitrogens is 2. The minimum Gasteiger partial charge on any atom is -0.396 e. The van der Waals surface area contributed by atoms with Gasteiger partial charge in [0.2, 0.25) is 0 Å². The Hall–Kier alpha value is -0.830. The second kappa shape index (κ2) is 4.13. The first-order chi connectivity index (χ1) is 6.83. The predicted molar refractivity (Wildman–Crippen MR) is 55.3 cm³/mol. The Kier molecular flexibility index (Phi) is 2.87. The van der Waals surface area contributed by atoms with E-state index in [0.29, 0.717) is 6.04 Å². The highest BCUT2D eigenvalue weighted by Gasteiger charge is 2.22. The number of aliphatic hydroxyl groups excluding tert-OH is 1. The molecule has 1 saturated carbocycles. The number of hydrogen-bond acceptors (Lipinski definition) is 2. The maximum absolute atomic E-state index is 8.76. The molecule has 1 aliphatic rings. The van der Waals surface area contributed by atoms with E-state index >= 15 is 0 Å². The van der Waals surface area contributed by atoms with Crippen molar-refractivity contribution in [2.24, 2.45) is 0 Å². The zero-order valence-electron chi connectivity index (χ0n) is 8.74. The van der Waals surface area contributed by atoms with Crippen LogP contribution in [0.2, 0.25) is 0 Å². The summed E-state index contributed by atoms with van der Waals surface area (Å²) in [5.74, 6) is 0. The van der Waals surface area contributed by atoms with Crippen molar-refractivity contribution < 1.29 is 5.11 Å². The Labute approximate surface area is 84.7 Å². The smallest absolute Gasteiger partial charge is 0.0524 e. The van der Waals surface area contributed by atoms with E-state index in [-0.39, 0.29) is 6.61 Å². The van der Waals surface area contributed by atoms with Gasteiger partial charge < -0.3 is 5.11 Å². The van der Waals surface area contributed by atoms with Crippen LogP contribution in [0.4, 0.5) is 0 Å². The first-order valence-electron chi connectivity index (χ1n) is 5.46. The topological polar surface area (TPSA) is 38.1 Å². The summed E-state index contributed by atoms with van der Waals surface area (Å²) < 4.78 is 2.16. The number of nitrogens with zero attached hydrogens (tertiary/aromatic N) is 2. The van der Waals surface area contributed by atoms with E-state index in [1.165, 1.54) is 30.5 Å². The molecule has 0 atom stereocenters. The third kappa shape index (κ3) is 1.69. The molecule has 0 aliphatic heterocycles. The van der Waals surface area contributed by atoms with Crippen molar-refractivity contribution in [2.75, 3.05) is 6.61 Å². The SMILES string of the molecule is Cc1c(CCCO)cnn1C1CCC1. The molecule has 0 aromatic carbocycles. The lowest BCUT2D eigenvalue weighted by Crippen LogP contribution is -2.19. The van der Waals surface area contributed by atoms with Gasteiger partial charge in [-0.1, -0.05) is 0 Å². The van der Waals surface area contributed by atoms with Gasteiger partial charge in [0, 0.05) is 12.3 Å². The van der Waals surface area contributed by atoms with Crippen molar-refractivity contribution in [3.05, 3.63) is 17.5 Å². The minimum absolute atomic E-state index is 0.272. The molecular formula is C11H18N2O. The Morgan fingerprint density at radius 2 is 2.36 bits per heavy atom. The summed E-state index contributed by atoms with van der Waals surface area (Å²) in [6.07, 6.45) is 7.66. The molecule has 78 valence electrons. The number of hydrogen-bond donors (Lipinski definition) is 1. The van der Waals surface area contributed by atoms with E-state index in [9.17, 15) is 0 Å². The van der Waals surface area contributed by atoms with E-state index in [1.54, 1.807) is 0 Å². The standard InChI is InChI=1S/C11H18N2O/c1-9-10(4-3-7-14)8-12-13(9)11-5-2-6-11/h8,11,14H,2-7H2,1H3. The van der Waals surface area contributed by atoms with E-state index in [0.717, 1.165) is 12.8 Å². The summed E-state index contributed by atoms with van der Waals surface area (Å²) in [6, 6.07) is 0.651. The zero-order valence-corrected chi connectivity index (χ0v) is 8.74. The average molecular weight is 194 g/mol. The summed E-state index contributed by atoms with van der Waals surface area (Å²) in [6.45, 7) is 2.41. The van der Waals surface area contributed by atoms with E-state index < -0.39 is 0 Å². The maximum Gasteiger partial charge on any atom is 0.0524 e. The van der Waals surface area contributed by atoms with Gasteiger partial charge in [0.15, 0.2) is 0 Å². The molecule has 0 radical (unpaired) electrons. The van der Waals surface area contributed by atoms with Gasteiger partial charge in [0.25, 0.3) is 0 Å². The quantitative estimate of drug-likeness (QED) is 0.794. The fraction of sp³-hybridized carbons (Fsp3) is 0.727. The molecule has 1 heterocycles. The summed E-state index contributed by atoms with van der Waals surface area (Å²) in [5.41, 5.74) is 2.59. The van der Waals surface area contributed by atoms with Gasteiger partial charge in [-0.05, 0) is 44.6 Å². The van der Waals surface area contributed by atoms with Crippen molar-refractivity contribution in [1.82, 2.24) is 9.78 Å². The van der Waals surface area contributed by atoms with Gasteiger partial charge in [-0.2, -0.15) is 5.10 Å². The van der Waals surface area contributed by atoms with Crippen LogP contribution in [0, 0.1) is 6.92 Å². The van der Waals surface area contributed by atoms with Gasteiger partial charge in [-0.3, -0.25) is 4.68 Å². The minimum atomic E-state index is 0.272. The van der Waals surface area contributed by atoms with Gasteiger partial charge in [0.05, 0.1) is 12.2 Å². The second-order valence-corrected chi connectivity index (χ2v) is 4.11. The summed E-state index contributed by atoms with van der Waals surface area (Å²) in [7, 11) is 0. The molecule has 1 aliphatic carbocycles. The third-order valence-electron chi connectivity index (χ3n) is 3.17. The lowest BCUT2D eigenvalue weighted by molar-refractivity contribution is 0.283. The molecule has 0 bridgehead atoms. The van der Waals surface area contributed by atoms with Gasteiger partial charge in [-0.15, -0.1) is 0 Å². The molecular weight excluding hydrogens is 176 g/mol. The first-order valence-corrected chi connectivity index (χ1v) is 5.46. The average Bonchev–Trinajstić information content (AvgIpc) is 2.43. The Morgan fingerprint density at radius 3 is 2.93 bits per heavy atom. The highest BCUT2D eigenvalue weighted by Crippen LogP contribution is 2.32. The lowest BCUT2D eigenvalue weighted by Gasteiger charge is -2.27. The lowest BCUT2D eigenvalue weighted by atomic mass is 9.93. The summed E-state index contributed by atoms with van der Waals surface area (Å²) >= 11 is 0. The number of aryl methyl sites for hydroxylation is 1. The molecule has 14 heavy (non-hydrogen) atoms. The zero-order chi connectivity index (χ0) is 9.97. The van der Waals surface area contributed by atoms with E-state index in [1.807, 2.05) is 6.20 Å². The Bertz CT molecular complexity index is 302. The van der Waals surface area contributed by atoms with Crippen molar-refractivity contribution >= 4 is 0 Å². The molecule has 3 nitrogen and oxygen atoms in total. The number of rotatable bonds is 4. The predicted octanol–water partition coefficient (Wildman–Crippen LogP) is 1.84. The Morgan fingerprint density at radius 1 is 1.57 bits per heavy atom. The van der Waals surface area contributed by atoms with Crippen LogP contribution in [0.15, 0.2) is 6.20 Å². The van der Waals surface area contributed by atoms with Crippen molar-refractivity contribution in [2.45, 2.75) is 45.1 Å². The Balaban J connectivity index is 2.06. The van der Waals surface area contributed by atoms with Crippen molar-refractivity contribution in [1.29, 1.82) is 0 Å². The fourth-order valence-corrected chi connectivity index (χ4v) is 1.97. The molecule has 1 N–H and O–H groups in total. The van der Waals surface area contributed by atoms with Crippen molar-refractivity contribution in [3.8, 4) is 0 Å². The van der Waals surface area contributed by atoms with Crippen LogP contribution in [0.25, 0.3) is 0 Å². The third-order valence-corrected chi connectivity index (χ3v) is 3.17. The normalized spacial score (nSPS) is 17.0. The number of aliphatic hydroxyl groups is 1. The largest absolute Gasteiger partial charge is 0.396 e. The molecule has 0 spiro atoms. The van der Waals surface area contributed by atoms with E-state index in [2.05, 4.69) is 16.7 Å². The second-order valence-electron chi connectivity index (χ2n) is 4.11. The highest BCUT2D eigenvalue weighted by molar-refractivity contribution is 5.17. The van der Waals surface area contributed by atoms with Gasteiger partial charge in [0.1, 0.15) is 0 Å². The molecule has 3 heteroatoms. The molecule has 0 unspecified atom stereocenters. The van der Waals surface area contributed by atoms with Gasteiger partial charge in [-0.25, -0.2) is 0 Å². The molecule has 2 rings (SSSR count). The van der Waals surface area contributed by atoms with Crippen molar-refractivity contribution in [3.63, 3.8) is 0 Å². The fourth-order valence-electron chi connectivity index (χ4n) is 1.97. The molecule has 0 saturated heterocycles. The molecule has 1 fully saturated rings. The maximum atomic E-state index is 8.76. The van der Waals surface area contributed by atoms with Crippen LogP contribution >= 0.6 is 0 Å².